The number of guanidine groups is 1. The van der Waals surface area contributed by atoms with Gasteiger partial charge in [-0.25, -0.2) is 10.3 Å². The number of hydrogen-bond donors (Lipinski definition) is 5. The standard InChI is InChI=1S/C9H12N6O/c16-9(11-8-12-14-15-13-8)10-6-7-4-2-1-3-5-7/h1-5,14-15H,6H2,(H3,10,11,12,13,16). The molecule has 0 saturated heterocycles. The molecule has 7 nitrogen and oxygen atoms in total. The van der Waals surface area contributed by atoms with Crippen LogP contribution in [0.2, 0.25) is 0 Å². The van der Waals surface area contributed by atoms with Gasteiger partial charge in [0.1, 0.15) is 0 Å². The molecule has 1 aromatic carbocycles. The molecule has 0 radical (unpaired) electrons. The lowest BCUT2D eigenvalue weighted by atomic mass is 10.2. The van der Waals surface area contributed by atoms with E-state index in [9.17, 15) is 4.79 Å². The highest BCUT2D eigenvalue weighted by atomic mass is 16.2. The van der Waals surface area contributed by atoms with Crippen molar-refractivity contribution in [3.8, 4) is 0 Å². The molecule has 16 heavy (non-hydrogen) atoms. The summed E-state index contributed by atoms with van der Waals surface area (Å²) >= 11 is 0. The minimum atomic E-state index is -0.319. The Bertz CT molecular complexity index is 390. The van der Waals surface area contributed by atoms with Gasteiger partial charge in [0.05, 0.1) is 0 Å². The summed E-state index contributed by atoms with van der Waals surface area (Å²) in [6.45, 7) is 0.473. The predicted octanol–water partition coefficient (Wildman–Crippen LogP) is -0.631. The molecule has 0 aromatic heterocycles. The van der Waals surface area contributed by atoms with Gasteiger partial charge in [-0.1, -0.05) is 30.3 Å². The zero-order valence-corrected chi connectivity index (χ0v) is 8.45. The van der Waals surface area contributed by atoms with E-state index in [4.69, 9.17) is 0 Å². The van der Waals surface area contributed by atoms with Gasteiger partial charge < -0.3 is 5.32 Å². The number of rotatable bonds is 2. The number of nitrogens with zero attached hydrogens (tertiary/aromatic N) is 1. The van der Waals surface area contributed by atoms with E-state index in [1.807, 2.05) is 30.3 Å². The molecule has 2 rings (SSSR count). The number of amides is 2. The second-order valence-electron chi connectivity index (χ2n) is 3.12. The minimum absolute atomic E-state index is 0.319. The van der Waals surface area contributed by atoms with Gasteiger partial charge >= 0.3 is 6.03 Å². The van der Waals surface area contributed by atoms with E-state index in [1.54, 1.807) is 0 Å². The highest BCUT2D eigenvalue weighted by Gasteiger charge is 2.07. The van der Waals surface area contributed by atoms with Crippen LogP contribution in [0.1, 0.15) is 5.56 Å². The van der Waals surface area contributed by atoms with E-state index in [0.29, 0.717) is 12.5 Å². The average Bonchev–Trinajstić information content (AvgIpc) is 2.81. The topological polar surface area (TPSA) is 89.6 Å². The molecule has 1 aliphatic heterocycles. The van der Waals surface area contributed by atoms with Crippen LogP contribution < -0.4 is 27.1 Å². The summed E-state index contributed by atoms with van der Waals surface area (Å²) in [6.07, 6.45) is 0. The first-order valence-electron chi connectivity index (χ1n) is 4.77. The van der Waals surface area contributed by atoms with Crippen LogP contribution in [-0.2, 0) is 6.54 Å². The van der Waals surface area contributed by atoms with Gasteiger partial charge in [0.2, 0.25) is 5.96 Å². The van der Waals surface area contributed by atoms with Crippen LogP contribution in [0.5, 0.6) is 0 Å². The first-order valence-corrected chi connectivity index (χ1v) is 4.77. The summed E-state index contributed by atoms with van der Waals surface area (Å²) in [5.41, 5.74) is 8.58. The maximum absolute atomic E-state index is 11.4. The van der Waals surface area contributed by atoms with Crippen molar-refractivity contribution in [2.24, 2.45) is 5.10 Å². The van der Waals surface area contributed by atoms with E-state index >= 15 is 0 Å². The quantitative estimate of drug-likeness (QED) is 0.459. The SMILES string of the molecule is O=C(NCc1ccccc1)NC1=NNNN1. The van der Waals surface area contributed by atoms with Gasteiger partial charge in [-0.05, 0) is 5.56 Å². The van der Waals surface area contributed by atoms with Gasteiger partial charge in [-0.2, -0.15) is 0 Å². The molecular weight excluding hydrogens is 208 g/mol. The van der Waals surface area contributed by atoms with Crippen LogP contribution in [0.3, 0.4) is 0 Å². The Morgan fingerprint density at radius 3 is 2.81 bits per heavy atom. The number of carbonyl (C=O) groups is 1. The number of benzene rings is 1. The highest BCUT2D eigenvalue weighted by molar-refractivity contribution is 5.96. The van der Waals surface area contributed by atoms with Crippen molar-refractivity contribution in [2.75, 3.05) is 0 Å². The third-order valence-corrected chi connectivity index (χ3v) is 1.93. The van der Waals surface area contributed by atoms with Crippen LogP contribution in [-0.4, -0.2) is 12.0 Å². The maximum atomic E-state index is 11.4. The summed E-state index contributed by atoms with van der Waals surface area (Å²) in [6, 6.07) is 9.33. The summed E-state index contributed by atoms with van der Waals surface area (Å²) in [5.74, 6) is 0.325. The molecule has 7 heteroatoms. The van der Waals surface area contributed by atoms with Crippen LogP contribution in [0, 0.1) is 0 Å². The van der Waals surface area contributed by atoms with E-state index < -0.39 is 0 Å². The Hall–Kier alpha value is -2.28. The third kappa shape index (κ3) is 2.85. The molecule has 1 aliphatic rings. The Morgan fingerprint density at radius 2 is 2.12 bits per heavy atom. The number of nitrogens with one attached hydrogen (secondary N) is 5. The predicted molar refractivity (Wildman–Crippen MR) is 58.7 cm³/mol. The first-order chi connectivity index (χ1) is 7.84. The average molecular weight is 220 g/mol. The van der Waals surface area contributed by atoms with Crippen molar-refractivity contribution >= 4 is 12.0 Å². The van der Waals surface area contributed by atoms with Crippen molar-refractivity contribution in [1.82, 2.24) is 27.1 Å². The fraction of sp³-hybridized carbons (Fsp3) is 0.111. The second-order valence-corrected chi connectivity index (χ2v) is 3.12. The fourth-order valence-corrected chi connectivity index (χ4v) is 1.19. The number of hydrazine groups is 2. The summed E-state index contributed by atoms with van der Waals surface area (Å²) < 4.78 is 0. The molecule has 0 saturated carbocycles. The molecular formula is C9H12N6O. The van der Waals surface area contributed by atoms with Gasteiger partial charge in [-0.3, -0.25) is 10.7 Å². The molecule has 84 valence electrons. The van der Waals surface area contributed by atoms with E-state index in [0.717, 1.165) is 5.56 Å². The number of carbonyl (C=O) groups excluding carboxylic acids is 1. The highest BCUT2D eigenvalue weighted by Crippen LogP contribution is 1.96. The summed E-state index contributed by atoms with van der Waals surface area (Å²) in [7, 11) is 0. The molecule has 0 fully saturated rings. The smallest absolute Gasteiger partial charge is 0.321 e. The number of hydrazone groups is 1. The van der Waals surface area contributed by atoms with Crippen LogP contribution in [0.15, 0.2) is 35.4 Å². The van der Waals surface area contributed by atoms with Crippen molar-refractivity contribution in [1.29, 1.82) is 0 Å². The lowest BCUT2D eigenvalue weighted by Gasteiger charge is -2.06. The fourth-order valence-electron chi connectivity index (χ4n) is 1.19. The van der Waals surface area contributed by atoms with Crippen molar-refractivity contribution in [3.63, 3.8) is 0 Å². The Labute approximate surface area is 92.2 Å². The molecule has 5 N–H and O–H groups in total. The first kappa shape index (κ1) is 10.2. The molecule has 0 atom stereocenters. The summed E-state index contributed by atoms with van der Waals surface area (Å²) in [5, 5.41) is 8.92. The van der Waals surface area contributed by atoms with E-state index in [-0.39, 0.29) is 6.03 Å². The number of urea groups is 1. The van der Waals surface area contributed by atoms with E-state index in [1.165, 1.54) is 0 Å². The maximum Gasteiger partial charge on any atom is 0.321 e. The molecule has 2 amide bonds. The lowest BCUT2D eigenvalue weighted by molar-refractivity contribution is 0.244. The van der Waals surface area contributed by atoms with Gasteiger partial charge in [-0.15, -0.1) is 10.6 Å². The van der Waals surface area contributed by atoms with Crippen molar-refractivity contribution < 1.29 is 4.79 Å². The normalized spacial score (nSPS) is 13.4. The second kappa shape index (κ2) is 4.99. The van der Waals surface area contributed by atoms with Crippen molar-refractivity contribution in [3.05, 3.63) is 35.9 Å². The van der Waals surface area contributed by atoms with Gasteiger partial charge in [0, 0.05) is 6.54 Å². The minimum Gasteiger partial charge on any atom is -0.334 e. The van der Waals surface area contributed by atoms with Crippen LogP contribution in [0.25, 0.3) is 0 Å². The monoisotopic (exact) mass is 220 g/mol. The zero-order chi connectivity index (χ0) is 11.2. The van der Waals surface area contributed by atoms with E-state index in [2.05, 4.69) is 32.2 Å². The largest absolute Gasteiger partial charge is 0.334 e. The molecule has 0 unspecified atom stereocenters. The Balaban J connectivity index is 1.75. The molecule has 0 spiro atoms. The van der Waals surface area contributed by atoms with Crippen molar-refractivity contribution in [2.45, 2.75) is 6.54 Å². The Kier molecular flexibility index (Phi) is 3.19. The van der Waals surface area contributed by atoms with Gasteiger partial charge in [0.15, 0.2) is 0 Å². The third-order valence-electron chi connectivity index (χ3n) is 1.93. The zero-order valence-electron chi connectivity index (χ0n) is 8.45. The van der Waals surface area contributed by atoms with Gasteiger partial charge in [0.25, 0.3) is 0 Å². The molecule has 1 aromatic rings. The van der Waals surface area contributed by atoms with Crippen LogP contribution in [0.4, 0.5) is 4.79 Å². The lowest BCUT2D eigenvalue weighted by Crippen LogP contribution is -2.47. The van der Waals surface area contributed by atoms with Crippen LogP contribution >= 0.6 is 0 Å². The molecule has 1 heterocycles. The summed E-state index contributed by atoms with van der Waals surface area (Å²) in [4.78, 5) is 11.4. The Morgan fingerprint density at radius 1 is 1.31 bits per heavy atom. The molecule has 0 aliphatic carbocycles. The number of hydrogen-bond acceptors (Lipinski definition) is 5. The molecule has 0 bridgehead atoms.